The summed E-state index contributed by atoms with van der Waals surface area (Å²) in [6, 6.07) is 14.0. The number of hydrogen-bond acceptors (Lipinski definition) is 4. The first-order valence-corrected chi connectivity index (χ1v) is 9.91. The van der Waals surface area contributed by atoms with Gasteiger partial charge in [-0.3, -0.25) is 9.69 Å². The van der Waals surface area contributed by atoms with Crippen molar-refractivity contribution < 1.29 is 14.3 Å². The fraction of sp³-hybridized carbons (Fsp3) is 0.455. The second kappa shape index (κ2) is 9.55. The zero-order chi connectivity index (χ0) is 19.9. The number of likely N-dealkylation sites (N-methyl/N-ethyl adjacent to an activating group) is 1. The molecule has 1 aromatic heterocycles. The molecule has 28 heavy (non-hydrogen) atoms. The summed E-state index contributed by atoms with van der Waals surface area (Å²) in [6.07, 6.45) is 3.77. The summed E-state index contributed by atoms with van der Waals surface area (Å²) in [5.74, 6) is -0.136. The topological polar surface area (TPSA) is 54.8 Å². The van der Waals surface area contributed by atoms with E-state index in [2.05, 4.69) is 17.0 Å². The molecule has 1 aromatic carbocycles. The molecular formula is C22H29N3O3. The van der Waals surface area contributed by atoms with E-state index in [-0.39, 0.29) is 17.9 Å². The highest BCUT2D eigenvalue weighted by molar-refractivity contribution is 5.87. The highest BCUT2D eigenvalue weighted by Gasteiger charge is 2.25. The Morgan fingerprint density at radius 3 is 2.46 bits per heavy atom. The van der Waals surface area contributed by atoms with E-state index in [1.807, 2.05) is 46.9 Å². The Labute approximate surface area is 166 Å². The largest absolute Gasteiger partial charge is 0.464 e. The van der Waals surface area contributed by atoms with Gasteiger partial charge in [0.15, 0.2) is 0 Å². The molecule has 0 unspecified atom stereocenters. The Hall–Kier alpha value is -2.60. The first-order valence-electron chi connectivity index (χ1n) is 9.91. The summed E-state index contributed by atoms with van der Waals surface area (Å²) in [7, 11) is 1.41. The minimum absolute atomic E-state index is 0.168. The highest BCUT2D eigenvalue weighted by Crippen LogP contribution is 2.25. The quantitative estimate of drug-likeness (QED) is 0.690. The van der Waals surface area contributed by atoms with Gasteiger partial charge in [0.2, 0.25) is 5.91 Å². The molecule has 150 valence electrons. The number of ether oxygens (including phenoxy) is 1. The van der Waals surface area contributed by atoms with E-state index >= 15 is 0 Å². The Bertz CT molecular complexity index is 779. The molecule has 1 saturated heterocycles. The summed E-state index contributed by atoms with van der Waals surface area (Å²) < 4.78 is 6.88. The fourth-order valence-electron chi connectivity index (χ4n) is 3.82. The number of aromatic nitrogens is 1. The number of carbonyl (C=O) groups is 2. The summed E-state index contributed by atoms with van der Waals surface area (Å²) in [5.41, 5.74) is 1.75. The molecule has 0 spiro atoms. The van der Waals surface area contributed by atoms with Crippen molar-refractivity contribution in [1.82, 2.24) is 14.4 Å². The predicted molar refractivity (Wildman–Crippen MR) is 108 cm³/mol. The molecule has 0 saturated carbocycles. The van der Waals surface area contributed by atoms with Crippen molar-refractivity contribution >= 4 is 11.9 Å². The van der Waals surface area contributed by atoms with Crippen LogP contribution in [0.1, 0.15) is 41.9 Å². The molecule has 1 aliphatic rings. The molecule has 0 bridgehead atoms. The van der Waals surface area contributed by atoms with Crippen LogP contribution in [-0.4, -0.2) is 59.5 Å². The van der Waals surface area contributed by atoms with Crippen LogP contribution in [0.3, 0.4) is 0 Å². The van der Waals surface area contributed by atoms with E-state index in [9.17, 15) is 9.59 Å². The van der Waals surface area contributed by atoms with Gasteiger partial charge in [0.25, 0.3) is 0 Å². The zero-order valence-electron chi connectivity index (χ0n) is 16.7. The molecule has 0 N–H and O–H groups in total. The second-order valence-electron chi connectivity index (χ2n) is 7.19. The van der Waals surface area contributed by atoms with Gasteiger partial charge in [-0.05, 0) is 37.5 Å². The molecular weight excluding hydrogens is 354 g/mol. The lowest BCUT2D eigenvalue weighted by molar-refractivity contribution is -0.133. The third kappa shape index (κ3) is 4.81. The van der Waals surface area contributed by atoms with Crippen LogP contribution in [0.15, 0.2) is 48.7 Å². The first-order chi connectivity index (χ1) is 13.6. The van der Waals surface area contributed by atoms with Gasteiger partial charge in [0.1, 0.15) is 5.69 Å². The average Bonchev–Trinajstić information content (AvgIpc) is 3.22. The van der Waals surface area contributed by atoms with Gasteiger partial charge in [-0.2, -0.15) is 0 Å². The molecule has 1 fully saturated rings. The lowest BCUT2D eigenvalue weighted by atomic mass is 10.0. The molecule has 2 aromatic rings. The lowest BCUT2D eigenvalue weighted by Gasteiger charge is -2.34. The number of hydrogen-bond donors (Lipinski definition) is 0. The monoisotopic (exact) mass is 383 g/mol. The molecule has 6 heteroatoms. The molecule has 1 aliphatic heterocycles. The van der Waals surface area contributed by atoms with Crippen LogP contribution in [0.25, 0.3) is 0 Å². The van der Waals surface area contributed by atoms with Crippen LogP contribution in [0.4, 0.5) is 0 Å². The molecule has 2 heterocycles. The summed E-state index contributed by atoms with van der Waals surface area (Å²) >= 11 is 0. The van der Waals surface area contributed by atoms with Gasteiger partial charge in [-0.15, -0.1) is 0 Å². The Morgan fingerprint density at radius 2 is 1.82 bits per heavy atom. The van der Waals surface area contributed by atoms with E-state index in [0.717, 1.165) is 31.5 Å². The van der Waals surface area contributed by atoms with Crippen molar-refractivity contribution in [3.05, 3.63) is 59.9 Å². The van der Waals surface area contributed by atoms with Crippen molar-refractivity contribution in [2.75, 3.05) is 33.3 Å². The van der Waals surface area contributed by atoms with Crippen LogP contribution < -0.4 is 0 Å². The number of likely N-dealkylation sites (tertiary alicyclic amines) is 1. The Balaban J connectivity index is 1.53. The van der Waals surface area contributed by atoms with Gasteiger partial charge in [0.05, 0.1) is 13.7 Å². The molecule has 6 nitrogen and oxygen atoms in total. The number of carbonyl (C=O) groups excluding carboxylic acids is 2. The maximum atomic E-state index is 12.8. The van der Waals surface area contributed by atoms with Crippen LogP contribution in [0, 0.1) is 0 Å². The molecule has 0 atom stereocenters. The van der Waals surface area contributed by atoms with E-state index in [1.54, 1.807) is 6.07 Å². The minimum atomic E-state index is -0.304. The predicted octanol–water partition coefficient (Wildman–Crippen LogP) is 2.96. The maximum Gasteiger partial charge on any atom is 0.354 e. The molecule has 3 rings (SSSR count). The number of amides is 1. The number of piperidine rings is 1. The Morgan fingerprint density at radius 1 is 1.11 bits per heavy atom. The van der Waals surface area contributed by atoms with Crippen molar-refractivity contribution in [3.63, 3.8) is 0 Å². The third-order valence-corrected chi connectivity index (χ3v) is 5.43. The molecule has 1 amide bonds. The molecule has 0 aliphatic carbocycles. The summed E-state index contributed by atoms with van der Waals surface area (Å²) in [6.45, 7) is 5.51. The van der Waals surface area contributed by atoms with Gasteiger partial charge in [-0.25, -0.2) is 4.79 Å². The highest BCUT2D eigenvalue weighted by atomic mass is 16.5. The number of rotatable bonds is 7. The van der Waals surface area contributed by atoms with Gasteiger partial charge in [-0.1, -0.05) is 30.3 Å². The van der Waals surface area contributed by atoms with Gasteiger partial charge < -0.3 is 14.2 Å². The minimum Gasteiger partial charge on any atom is -0.464 e. The van der Waals surface area contributed by atoms with Crippen molar-refractivity contribution in [3.8, 4) is 0 Å². The van der Waals surface area contributed by atoms with Crippen LogP contribution >= 0.6 is 0 Å². The van der Waals surface area contributed by atoms with Crippen LogP contribution in [-0.2, 0) is 16.1 Å². The Kier molecular flexibility index (Phi) is 6.87. The SMILES string of the molecule is CCN(Cc1ccccc1)C(=O)CN1CCC(n2cccc2C(=O)OC)CC1. The summed E-state index contributed by atoms with van der Waals surface area (Å²) in [5, 5.41) is 0. The van der Waals surface area contributed by atoms with Gasteiger partial charge in [0, 0.05) is 38.4 Å². The van der Waals surface area contributed by atoms with E-state index < -0.39 is 0 Å². The van der Waals surface area contributed by atoms with Crippen molar-refractivity contribution in [2.45, 2.75) is 32.4 Å². The number of methoxy groups -OCH3 is 1. The van der Waals surface area contributed by atoms with E-state index in [4.69, 9.17) is 4.74 Å². The van der Waals surface area contributed by atoms with E-state index in [0.29, 0.717) is 25.3 Å². The zero-order valence-corrected chi connectivity index (χ0v) is 16.7. The smallest absolute Gasteiger partial charge is 0.354 e. The van der Waals surface area contributed by atoms with Crippen molar-refractivity contribution in [1.29, 1.82) is 0 Å². The second-order valence-corrected chi connectivity index (χ2v) is 7.19. The molecule has 0 radical (unpaired) electrons. The number of esters is 1. The van der Waals surface area contributed by atoms with Gasteiger partial charge >= 0.3 is 5.97 Å². The number of nitrogens with zero attached hydrogens (tertiary/aromatic N) is 3. The summed E-state index contributed by atoms with van der Waals surface area (Å²) in [4.78, 5) is 28.8. The average molecular weight is 383 g/mol. The lowest BCUT2D eigenvalue weighted by Crippen LogP contribution is -2.43. The standard InChI is InChI=1S/C22H29N3O3/c1-3-24(16-18-8-5-4-6-9-18)21(26)17-23-14-11-19(12-15-23)25-13-7-10-20(25)22(27)28-2/h4-10,13,19H,3,11-12,14-17H2,1-2H3. The van der Waals surface area contributed by atoms with E-state index in [1.165, 1.54) is 7.11 Å². The normalized spacial score (nSPS) is 15.4. The first kappa shape index (κ1) is 20.1. The van der Waals surface area contributed by atoms with Crippen LogP contribution in [0.5, 0.6) is 0 Å². The van der Waals surface area contributed by atoms with Crippen LogP contribution in [0.2, 0.25) is 0 Å². The maximum absolute atomic E-state index is 12.8. The fourth-order valence-corrected chi connectivity index (χ4v) is 3.82. The van der Waals surface area contributed by atoms with Crippen molar-refractivity contribution in [2.24, 2.45) is 0 Å². The third-order valence-electron chi connectivity index (χ3n) is 5.43. The number of benzene rings is 1.